The lowest BCUT2D eigenvalue weighted by molar-refractivity contribution is 0.548. The maximum Gasteiger partial charge on any atom is 0.0540 e. The number of nitrogens with zero attached hydrogens (tertiary/aromatic N) is 2. The van der Waals surface area contributed by atoms with Crippen LogP contribution in [0.1, 0.15) is 22.9 Å². The molecule has 0 aliphatic heterocycles. The third-order valence-electron chi connectivity index (χ3n) is 3.18. The van der Waals surface area contributed by atoms with Crippen molar-refractivity contribution in [1.29, 1.82) is 0 Å². The van der Waals surface area contributed by atoms with Crippen LogP contribution in [0.2, 0.25) is 5.02 Å². The van der Waals surface area contributed by atoms with E-state index in [0.717, 1.165) is 28.3 Å². The van der Waals surface area contributed by atoms with Crippen molar-refractivity contribution in [1.82, 2.24) is 15.2 Å². The van der Waals surface area contributed by atoms with E-state index in [9.17, 15) is 0 Å². The summed E-state index contributed by atoms with van der Waals surface area (Å²) in [7, 11) is 1.92. The summed E-state index contributed by atoms with van der Waals surface area (Å²) in [6, 6.07) is 7.85. The van der Waals surface area contributed by atoms with E-state index in [1.165, 1.54) is 0 Å². The summed E-state index contributed by atoms with van der Waals surface area (Å²) >= 11 is 5.98. The molecule has 0 bridgehead atoms. The highest BCUT2D eigenvalue weighted by Gasteiger charge is 2.15. The molecular formula is C13H17ClN4. The summed E-state index contributed by atoms with van der Waals surface area (Å²) < 4.78 is 1.84. The van der Waals surface area contributed by atoms with Gasteiger partial charge < -0.3 is 0 Å². The zero-order valence-corrected chi connectivity index (χ0v) is 11.3. The molecule has 1 aromatic heterocycles. The van der Waals surface area contributed by atoms with Gasteiger partial charge in [0.05, 0.1) is 12.2 Å². The van der Waals surface area contributed by atoms with Gasteiger partial charge in [-0.1, -0.05) is 23.7 Å². The minimum absolute atomic E-state index is 0.0390. The van der Waals surface area contributed by atoms with Crippen molar-refractivity contribution in [2.24, 2.45) is 12.9 Å². The molecule has 4 nitrogen and oxygen atoms in total. The Hall–Kier alpha value is -1.36. The Bertz CT molecular complexity index is 536. The first-order chi connectivity index (χ1) is 8.61. The van der Waals surface area contributed by atoms with E-state index in [-0.39, 0.29) is 6.04 Å². The molecule has 3 N–H and O–H groups in total. The average molecular weight is 265 g/mol. The summed E-state index contributed by atoms with van der Waals surface area (Å²) in [5.74, 6) is 5.65. The zero-order valence-electron chi connectivity index (χ0n) is 10.5. The second kappa shape index (κ2) is 5.52. The van der Waals surface area contributed by atoms with Gasteiger partial charge in [-0.15, -0.1) is 0 Å². The second-order valence-electron chi connectivity index (χ2n) is 4.36. The van der Waals surface area contributed by atoms with Gasteiger partial charge in [-0.2, -0.15) is 5.10 Å². The predicted octanol–water partition coefficient (Wildman–Crippen LogP) is 2.13. The quantitative estimate of drug-likeness (QED) is 0.657. The third-order valence-corrected chi connectivity index (χ3v) is 3.41. The molecule has 96 valence electrons. The van der Waals surface area contributed by atoms with Gasteiger partial charge >= 0.3 is 0 Å². The van der Waals surface area contributed by atoms with Crippen LogP contribution in [0.25, 0.3) is 0 Å². The van der Waals surface area contributed by atoms with Gasteiger partial charge in [0.25, 0.3) is 0 Å². The van der Waals surface area contributed by atoms with Crippen molar-refractivity contribution in [3.8, 4) is 0 Å². The number of rotatable bonds is 4. The molecule has 0 radical (unpaired) electrons. The number of nitrogens with two attached hydrogens (primary N) is 1. The molecule has 0 aliphatic rings. The summed E-state index contributed by atoms with van der Waals surface area (Å²) in [5, 5.41) is 4.98. The lowest BCUT2D eigenvalue weighted by Gasteiger charge is -2.16. The normalized spacial score (nSPS) is 12.7. The highest BCUT2D eigenvalue weighted by molar-refractivity contribution is 6.30. The van der Waals surface area contributed by atoms with E-state index >= 15 is 0 Å². The lowest BCUT2D eigenvalue weighted by atomic mass is 10.0. The van der Waals surface area contributed by atoms with E-state index in [1.807, 2.05) is 49.1 Å². The van der Waals surface area contributed by atoms with Crippen LogP contribution in [-0.4, -0.2) is 9.78 Å². The van der Waals surface area contributed by atoms with Crippen LogP contribution in [0, 0.1) is 6.92 Å². The summed E-state index contributed by atoms with van der Waals surface area (Å²) in [6.45, 7) is 2.03. The molecule has 2 aromatic rings. The number of nitrogens with one attached hydrogen (secondary N) is 1. The highest BCUT2D eigenvalue weighted by Crippen LogP contribution is 2.22. The molecule has 0 spiro atoms. The average Bonchev–Trinajstić information content (AvgIpc) is 2.67. The van der Waals surface area contributed by atoms with Crippen LogP contribution in [-0.2, 0) is 13.5 Å². The van der Waals surface area contributed by atoms with E-state index in [0.29, 0.717) is 0 Å². The molecule has 1 heterocycles. The van der Waals surface area contributed by atoms with Crippen LogP contribution in [0.3, 0.4) is 0 Å². The van der Waals surface area contributed by atoms with E-state index < -0.39 is 0 Å². The number of hydrogen-bond donors (Lipinski definition) is 2. The van der Waals surface area contributed by atoms with Crippen LogP contribution in [0.4, 0.5) is 0 Å². The van der Waals surface area contributed by atoms with E-state index in [2.05, 4.69) is 10.5 Å². The number of aryl methyl sites for hydroxylation is 1. The topological polar surface area (TPSA) is 55.9 Å². The van der Waals surface area contributed by atoms with Gasteiger partial charge in [-0.05, 0) is 31.0 Å². The standard InChI is InChI=1S/C13H17ClN4/c1-9-12(8-16-18(9)2)13(17-15)7-10-4-3-5-11(14)6-10/h3-6,8,13,17H,7,15H2,1-2H3. The van der Waals surface area contributed by atoms with Crippen molar-refractivity contribution >= 4 is 11.6 Å². The zero-order chi connectivity index (χ0) is 13.1. The molecule has 0 fully saturated rings. The lowest BCUT2D eigenvalue weighted by Crippen LogP contribution is -2.29. The third kappa shape index (κ3) is 2.72. The summed E-state index contributed by atoms with van der Waals surface area (Å²) in [5.41, 5.74) is 6.21. The van der Waals surface area contributed by atoms with Crippen LogP contribution in [0.15, 0.2) is 30.5 Å². The van der Waals surface area contributed by atoms with Gasteiger partial charge in [0.1, 0.15) is 0 Å². The van der Waals surface area contributed by atoms with Gasteiger partial charge in [0, 0.05) is 23.3 Å². The number of aromatic nitrogens is 2. The number of hydrogen-bond acceptors (Lipinski definition) is 3. The second-order valence-corrected chi connectivity index (χ2v) is 4.80. The van der Waals surface area contributed by atoms with E-state index in [4.69, 9.17) is 17.4 Å². The number of halogens is 1. The first-order valence-corrected chi connectivity index (χ1v) is 6.18. The van der Waals surface area contributed by atoms with Gasteiger partial charge in [0.15, 0.2) is 0 Å². The number of benzene rings is 1. The monoisotopic (exact) mass is 264 g/mol. The first-order valence-electron chi connectivity index (χ1n) is 5.81. The summed E-state index contributed by atoms with van der Waals surface area (Å²) in [6.07, 6.45) is 2.63. The molecule has 0 amide bonds. The minimum Gasteiger partial charge on any atom is -0.273 e. The Balaban J connectivity index is 2.22. The molecule has 0 saturated heterocycles. The van der Waals surface area contributed by atoms with Gasteiger partial charge in [0.2, 0.25) is 0 Å². The molecule has 18 heavy (non-hydrogen) atoms. The van der Waals surface area contributed by atoms with Gasteiger partial charge in [-0.3, -0.25) is 16.0 Å². The highest BCUT2D eigenvalue weighted by atomic mass is 35.5. The Morgan fingerprint density at radius 3 is 2.83 bits per heavy atom. The maximum absolute atomic E-state index is 5.98. The van der Waals surface area contributed by atoms with Crippen molar-refractivity contribution in [2.45, 2.75) is 19.4 Å². The predicted molar refractivity (Wildman–Crippen MR) is 73.2 cm³/mol. The van der Waals surface area contributed by atoms with Crippen molar-refractivity contribution in [2.75, 3.05) is 0 Å². The summed E-state index contributed by atoms with van der Waals surface area (Å²) in [4.78, 5) is 0. The fraction of sp³-hybridized carbons (Fsp3) is 0.308. The van der Waals surface area contributed by atoms with Gasteiger partial charge in [-0.25, -0.2) is 0 Å². The van der Waals surface area contributed by atoms with Crippen LogP contribution >= 0.6 is 11.6 Å². The number of hydrazine groups is 1. The largest absolute Gasteiger partial charge is 0.273 e. The Kier molecular flexibility index (Phi) is 4.01. The molecule has 0 saturated carbocycles. The molecule has 5 heteroatoms. The van der Waals surface area contributed by atoms with Crippen molar-refractivity contribution < 1.29 is 0 Å². The van der Waals surface area contributed by atoms with Crippen LogP contribution in [0.5, 0.6) is 0 Å². The first kappa shape index (κ1) is 13.1. The Morgan fingerprint density at radius 1 is 1.50 bits per heavy atom. The van der Waals surface area contributed by atoms with Crippen molar-refractivity contribution in [3.63, 3.8) is 0 Å². The SMILES string of the molecule is Cc1c(C(Cc2cccc(Cl)c2)NN)cnn1C. The van der Waals surface area contributed by atoms with E-state index in [1.54, 1.807) is 0 Å². The smallest absolute Gasteiger partial charge is 0.0540 e. The molecule has 2 rings (SSSR count). The molecule has 1 unspecified atom stereocenters. The minimum atomic E-state index is 0.0390. The maximum atomic E-state index is 5.98. The molecule has 1 aromatic carbocycles. The fourth-order valence-corrected chi connectivity index (χ4v) is 2.23. The fourth-order valence-electron chi connectivity index (χ4n) is 2.02. The van der Waals surface area contributed by atoms with Crippen LogP contribution < -0.4 is 11.3 Å². The van der Waals surface area contributed by atoms with Crippen molar-refractivity contribution in [3.05, 3.63) is 52.3 Å². The Morgan fingerprint density at radius 2 is 2.28 bits per heavy atom. The molecule has 1 atom stereocenters. The molecule has 0 aliphatic carbocycles. The Labute approximate surface area is 112 Å². The molecular weight excluding hydrogens is 248 g/mol.